The molecule has 0 radical (unpaired) electrons. The van der Waals surface area contributed by atoms with Gasteiger partial charge in [-0.15, -0.1) is 0 Å². The largest absolute Gasteiger partial charge is 0.382 e. The van der Waals surface area contributed by atoms with Gasteiger partial charge in [-0.3, -0.25) is 9.78 Å². The molecule has 4 rings (SSSR count). The maximum atomic E-state index is 13.2. The molecule has 1 aliphatic rings. The lowest BCUT2D eigenvalue weighted by atomic mass is 10.0. The van der Waals surface area contributed by atoms with Crippen LogP contribution in [-0.2, 0) is 16.0 Å². The van der Waals surface area contributed by atoms with Gasteiger partial charge in [0, 0.05) is 43.0 Å². The molecule has 0 unspecified atom stereocenters. The Morgan fingerprint density at radius 2 is 1.88 bits per heavy atom. The summed E-state index contributed by atoms with van der Waals surface area (Å²) in [6.07, 6.45) is 3.41. The number of pyridine rings is 1. The number of aromatic amines is 1. The zero-order valence-electron chi connectivity index (χ0n) is 18.5. The number of nitrogens with one attached hydrogen (secondary N) is 3. The number of rotatable bonds is 9. The zero-order valence-corrected chi connectivity index (χ0v) is 18.5. The first-order chi connectivity index (χ1) is 16.2. The third-order valence-electron chi connectivity index (χ3n) is 5.29. The van der Waals surface area contributed by atoms with Crippen molar-refractivity contribution in [2.24, 2.45) is 0 Å². The number of benzene rings is 1. The van der Waals surface area contributed by atoms with Crippen LogP contribution in [0.1, 0.15) is 16.1 Å². The Kier molecular flexibility index (Phi) is 7.33. The molecule has 0 saturated heterocycles. The number of aromatic nitrogens is 2. The van der Waals surface area contributed by atoms with Gasteiger partial charge in [-0.1, -0.05) is 18.2 Å². The Balaban J connectivity index is 1.54. The minimum Gasteiger partial charge on any atom is -0.382 e. The van der Waals surface area contributed by atoms with Crippen molar-refractivity contribution in [2.75, 3.05) is 45.3 Å². The van der Waals surface area contributed by atoms with Crippen LogP contribution in [0.5, 0.6) is 0 Å². The van der Waals surface area contributed by atoms with Crippen LogP contribution < -0.4 is 10.6 Å². The standard InChI is InChI=1S/C24H27N5O4/c1-32-13-14-33-12-11-26-24(31)29-15-19-21(20(30)16-29)23(27-18-5-3-2-4-6-18)22(28-19)17-7-9-25-10-8-17/h2-10,27-28H,11-16H2,1H3,(H,26,31). The number of anilines is 2. The molecule has 3 heterocycles. The Morgan fingerprint density at radius 1 is 1.09 bits per heavy atom. The highest BCUT2D eigenvalue weighted by Crippen LogP contribution is 2.37. The van der Waals surface area contributed by atoms with E-state index >= 15 is 0 Å². The van der Waals surface area contributed by atoms with E-state index < -0.39 is 0 Å². The number of ether oxygens (including phenoxy) is 2. The number of carbonyl (C=O) groups is 2. The van der Waals surface area contributed by atoms with Gasteiger partial charge in [0.15, 0.2) is 5.78 Å². The van der Waals surface area contributed by atoms with Crippen LogP contribution in [0.25, 0.3) is 11.3 Å². The number of nitrogens with zero attached hydrogens (tertiary/aromatic N) is 2. The molecule has 3 N–H and O–H groups in total. The van der Waals surface area contributed by atoms with Gasteiger partial charge >= 0.3 is 6.03 Å². The van der Waals surface area contributed by atoms with Crippen molar-refractivity contribution in [1.82, 2.24) is 20.2 Å². The Bertz CT molecular complexity index is 1080. The molecule has 0 atom stereocenters. The number of carbonyl (C=O) groups excluding carboxylic acids is 2. The minimum absolute atomic E-state index is 0.000470. The fourth-order valence-corrected chi connectivity index (χ4v) is 3.73. The van der Waals surface area contributed by atoms with Crippen molar-refractivity contribution in [3.05, 3.63) is 66.1 Å². The fourth-order valence-electron chi connectivity index (χ4n) is 3.73. The van der Waals surface area contributed by atoms with Crippen molar-refractivity contribution >= 4 is 23.2 Å². The lowest BCUT2D eigenvalue weighted by molar-refractivity contribution is 0.0717. The van der Waals surface area contributed by atoms with Gasteiger partial charge < -0.3 is 30.0 Å². The smallest absolute Gasteiger partial charge is 0.318 e. The number of amides is 2. The number of Topliss-reactive ketones (excluding diaryl/α,β-unsaturated/α-hetero) is 1. The van der Waals surface area contributed by atoms with E-state index in [4.69, 9.17) is 9.47 Å². The molecule has 33 heavy (non-hydrogen) atoms. The van der Waals surface area contributed by atoms with E-state index in [1.165, 1.54) is 4.90 Å². The van der Waals surface area contributed by atoms with Gasteiger partial charge in [0.1, 0.15) is 0 Å². The number of para-hydroxylation sites is 1. The highest BCUT2D eigenvalue weighted by molar-refractivity contribution is 6.09. The summed E-state index contributed by atoms with van der Waals surface area (Å²) in [4.78, 5) is 34.8. The summed E-state index contributed by atoms with van der Waals surface area (Å²) in [5.41, 5.74) is 4.54. The van der Waals surface area contributed by atoms with Gasteiger partial charge in [0.25, 0.3) is 0 Å². The average Bonchev–Trinajstić information content (AvgIpc) is 3.21. The summed E-state index contributed by atoms with van der Waals surface area (Å²) in [5, 5.41) is 6.20. The van der Waals surface area contributed by atoms with Crippen molar-refractivity contribution in [3.63, 3.8) is 0 Å². The summed E-state index contributed by atoms with van der Waals surface area (Å²) in [6.45, 7) is 2.00. The second-order valence-corrected chi connectivity index (χ2v) is 7.57. The number of hydrogen-bond donors (Lipinski definition) is 3. The molecule has 0 spiro atoms. The van der Waals surface area contributed by atoms with E-state index in [9.17, 15) is 9.59 Å². The van der Waals surface area contributed by atoms with E-state index in [1.807, 2.05) is 42.5 Å². The second-order valence-electron chi connectivity index (χ2n) is 7.57. The Labute approximate surface area is 192 Å². The number of methoxy groups -OCH3 is 1. The third-order valence-corrected chi connectivity index (χ3v) is 5.29. The summed E-state index contributed by atoms with van der Waals surface area (Å²) >= 11 is 0. The molecule has 9 heteroatoms. The monoisotopic (exact) mass is 449 g/mol. The quantitative estimate of drug-likeness (QED) is 0.433. The SMILES string of the molecule is COCCOCCNC(=O)N1CC(=O)c2c([nH]c(-c3ccncc3)c2Nc2ccccc2)C1. The lowest BCUT2D eigenvalue weighted by Crippen LogP contribution is -2.45. The highest BCUT2D eigenvalue weighted by atomic mass is 16.5. The van der Waals surface area contributed by atoms with E-state index in [-0.39, 0.29) is 18.4 Å². The van der Waals surface area contributed by atoms with Crippen molar-refractivity contribution in [2.45, 2.75) is 6.54 Å². The summed E-state index contributed by atoms with van der Waals surface area (Å²) in [7, 11) is 1.61. The normalized spacial score (nSPS) is 13.0. The number of H-pyrrole nitrogens is 1. The molecular weight excluding hydrogens is 422 g/mol. The molecule has 2 aromatic heterocycles. The van der Waals surface area contributed by atoms with Crippen molar-refractivity contribution in [3.8, 4) is 11.3 Å². The zero-order chi connectivity index (χ0) is 23.0. The molecule has 9 nitrogen and oxygen atoms in total. The Hall–Kier alpha value is -3.69. The molecule has 1 aromatic carbocycles. The van der Waals surface area contributed by atoms with Gasteiger partial charge in [-0.05, 0) is 24.3 Å². The van der Waals surface area contributed by atoms with Gasteiger partial charge in [0.05, 0.1) is 49.9 Å². The van der Waals surface area contributed by atoms with E-state index in [1.54, 1.807) is 19.5 Å². The van der Waals surface area contributed by atoms with Crippen LogP contribution in [0, 0.1) is 0 Å². The van der Waals surface area contributed by atoms with Crippen LogP contribution in [0.2, 0.25) is 0 Å². The van der Waals surface area contributed by atoms with Crippen LogP contribution in [-0.4, -0.2) is 66.7 Å². The molecule has 3 aromatic rings. The molecule has 172 valence electrons. The maximum absolute atomic E-state index is 13.2. The topological polar surface area (TPSA) is 109 Å². The summed E-state index contributed by atoms with van der Waals surface area (Å²) in [5.74, 6) is -0.127. The predicted molar refractivity (Wildman–Crippen MR) is 125 cm³/mol. The van der Waals surface area contributed by atoms with E-state index in [2.05, 4.69) is 20.6 Å². The highest BCUT2D eigenvalue weighted by Gasteiger charge is 2.32. The van der Waals surface area contributed by atoms with Crippen LogP contribution in [0.3, 0.4) is 0 Å². The van der Waals surface area contributed by atoms with E-state index in [0.717, 1.165) is 16.9 Å². The molecule has 1 aliphatic heterocycles. The summed E-state index contributed by atoms with van der Waals surface area (Å²) in [6, 6.07) is 13.1. The average molecular weight is 450 g/mol. The fraction of sp³-hybridized carbons (Fsp3) is 0.292. The minimum atomic E-state index is -0.304. The molecule has 2 amide bonds. The first-order valence-electron chi connectivity index (χ1n) is 10.8. The number of ketones is 1. The Morgan fingerprint density at radius 3 is 2.64 bits per heavy atom. The third kappa shape index (κ3) is 5.39. The van der Waals surface area contributed by atoms with Crippen LogP contribution in [0.15, 0.2) is 54.9 Å². The van der Waals surface area contributed by atoms with E-state index in [0.29, 0.717) is 49.9 Å². The van der Waals surface area contributed by atoms with Crippen LogP contribution in [0.4, 0.5) is 16.2 Å². The second kappa shape index (κ2) is 10.8. The molecule has 0 aliphatic carbocycles. The number of urea groups is 1. The predicted octanol–water partition coefficient (Wildman–Crippen LogP) is 3.19. The van der Waals surface area contributed by atoms with Crippen LogP contribution >= 0.6 is 0 Å². The molecule has 0 saturated carbocycles. The first kappa shape index (κ1) is 22.5. The lowest BCUT2D eigenvalue weighted by Gasteiger charge is -2.26. The van der Waals surface area contributed by atoms with Gasteiger partial charge in [-0.25, -0.2) is 4.79 Å². The molecule has 0 fully saturated rings. The first-order valence-corrected chi connectivity index (χ1v) is 10.8. The molecule has 0 bridgehead atoms. The number of hydrogen-bond acceptors (Lipinski definition) is 6. The molecular formula is C24H27N5O4. The van der Waals surface area contributed by atoms with Crippen molar-refractivity contribution in [1.29, 1.82) is 0 Å². The number of fused-ring (bicyclic) bond motifs is 1. The van der Waals surface area contributed by atoms with Gasteiger partial charge in [0.2, 0.25) is 0 Å². The maximum Gasteiger partial charge on any atom is 0.318 e. The summed E-state index contributed by atoms with van der Waals surface area (Å²) < 4.78 is 10.3. The van der Waals surface area contributed by atoms with Crippen molar-refractivity contribution < 1.29 is 19.1 Å². The van der Waals surface area contributed by atoms with Gasteiger partial charge in [-0.2, -0.15) is 0 Å².